The van der Waals surface area contributed by atoms with Crippen LogP contribution < -0.4 is 21.1 Å². The van der Waals surface area contributed by atoms with E-state index >= 15 is 0 Å². The molecule has 0 radical (unpaired) electrons. The summed E-state index contributed by atoms with van der Waals surface area (Å²) in [5.74, 6) is -1.10. The number of rotatable bonds is 21. The number of carbonyl (C=O) groups excluding carboxylic acids is 2. The lowest BCUT2D eigenvalue weighted by Crippen LogP contribution is -2.52. The molecule has 5 N–H and O–H groups in total. The number of methoxy groups -OCH3 is 1. The van der Waals surface area contributed by atoms with Gasteiger partial charge in [0.05, 0.1) is 42.4 Å². The van der Waals surface area contributed by atoms with E-state index in [4.69, 9.17) is 19.9 Å². The molecule has 0 saturated heterocycles. The van der Waals surface area contributed by atoms with Gasteiger partial charge >= 0.3 is 0 Å². The van der Waals surface area contributed by atoms with Crippen LogP contribution in [0.1, 0.15) is 58.1 Å². The molecule has 3 aromatic rings. The predicted molar refractivity (Wildman–Crippen MR) is 186 cm³/mol. The van der Waals surface area contributed by atoms with E-state index in [0.717, 1.165) is 33.7 Å². The molecule has 12 heteroatoms. The Bertz CT molecular complexity index is 1390. The van der Waals surface area contributed by atoms with Crippen molar-refractivity contribution in [2.24, 2.45) is 23.5 Å². The minimum Gasteiger partial charge on any atom is -0.493 e. The molecule has 0 fully saturated rings. The van der Waals surface area contributed by atoms with E-state index in [1.165, 1.54) is 23.5 Å². The van der Waals surface area contributed by atoms with E-state index in [-0.39, 0.29) is 55.6 Å². The monoisotopic (exact) mass is 686 g/mol. The minimum atomic E-state index is -1.01. The second kappa shape index (κ2) is 20.2. The maximum absolute atomic E-state index is 13.5. The van der Waals surface area contributed by atoms with E-state index < -0.39 is 24.1 Å². The van der Waals surface area contributed by atoms with Crippen molar-refractivity contribution in [2.45, 2.75) is 78.3 Å². The fraction of sp³-hybridized carbons (Fsp3) is 0.528. The molecule has 3 rings (SSSR count). The standard InChI is InChI=1S/C36H51FN4O6S/c1-6-24(4)34(36(44)40-18-25-8-11-27(37)12-9-25)41-35(43)29(23(2)3)17-31(42)30(38)21-46-20-26-10-13-28(33-19-39-22-48-33)32(16-26)47-15-7-14-45-5/h8-13,16,19,22-24,29-31,34,42H,6-7,14-15,17-18,20-21,38H2,1-5H3,(H,40,44)(H,41,43)/t24-,29-,30-,31-,34-/m0/s1. The highest BCUT2D eigenvalue weighted by molar-refractivity contribution is 7.13. The van der Waals surface area contributed by atoms with E-state index in [2.05, 4.69) is 15.6 Å². The van der Waals surface area contributed by atoms with E-state index in [9.17, 15) is 19.1 Å². The largest absolute Gasteiger partial charge is 0.493 e. The van der Waals surface area contributed by atoms with Crippen LogP contribution in [0.4, 0.5) is 4.39 Å². The van der Waals surface area contributed by atoms with Crippen LogP contribution in [0.15, 0.2) is 54.2 Å². The number of ether oxygens (including phenoxy) is 3. The van der Waals surface area contributed by atoms with Crippen LogP contribution in [0.25, 0.3) is 10.4 Å². The Labute approximate surface area is 287 Å². The van der Waals surface area contributed by atoms with Crippen LogP contribution in [-0.4, -0.2) is 67.0 Å². The number of hydrogen-bond acceptors (Lipinski definition) is 9. The molecule has 48 heavy (non-hydrogen) atoms. The highest BCUT2D eigenvalue weighted by Gasteiger charge is 2.32. The number of aliphatic hydroxyl groups is 1. The maximum Gasteiger partial charge on any atom is 0.243 e. The Balaban J connectivity index is 1.56. The van der Waals surface area contributed by atoms with Crippen molar-refractivity contribution in [3.63, 3.8) is 0 Å². The summed E-state index contributed by atoms with van der Waals surface area (Å²) in [5, 5.41) is 16.8. The third kappa shape index (κ3) is 12.2. The molecule has 2 amide bonds. The summed E-state index contributed by atoms with van der Waals surface area (Å²) in [6, 6.07) is 10.3. The van der Waals surface area contributed by atoms with Crippen molar-refractivity contribution >= 4 is 23.2 Å². The zero-order chi connectivity index (χ0) is 35.1. The summed E-state index contributed by atoms with van der Waals surface area (Å²) >= 11 is 1.53. The summed E-state index contributed by atoms with van der Waals surface area (Å²) in [7, 11) is 1.66. The molecule has 0 spiro atoms. The number of hydrogen-bond donors (Lipinski definition) is 4. The first kappa shape index (κ1) is 39.0. The lowest BCUT2D eigenvalue weighted by atomic mass is 9.86. The van der Waals surface area contributed by atoms with Gasteiger partial charge in [-0.15, -0.1) is 11.3 Å². The van der Waals surface area contributed by atoms with Gasteiger partial charge in [-0.1, -0.05) is 52.3 Å². The van der Waals surface area contributed by atoms with Gasteiger partial charge in [-0.3, -0.25) is 14.6 Å². The molecule has 0 aliphatic heterocycles. The van der Waals surface area contributed by atoms with Crippen molar-refractivity contribution < 1.29 is 33.3 Å². The van der Waals surface area contributed by atoms with E-state index in [1.54, 1.807) is 30.9 Å². The molecular weight excluding hydrogens is 635 g/mol. The van der Waals surface area contributed by atoms with E-state index in [1.807, 2.05) is 45.9 Å². The van der Waals surface area contributed by atoms with Crippen LogP contribution in [-0.2, 0) is 32.2 Å². The first-order valence-electron chi connectivity index (χ1n) is 16.5. The van der Waals surface area contributed by atoms with Gasteiger partial charge < -0.3 is 35.7 Å². The SMILES string of the molecule is CC[C@H](C)[C@H](NC(=O)[C@@H](C[C@H](O)[C@@H](N)COCc1ccc(-c2cncs2)c(OCCCOC)c1)C(C)C)C(=O)NCc1ccc(F)cc1. The van der Waals surface area contributed by atoms with Crippen LogP contribution in [0, 0.1) is 23.6 Å². The topological polar surface area (TPSA) is 145 Å². The highest BCUT2D eigenvalue weighted by Crippen LogP contribution is 2.33. The first-order chi connectivity index (χ1) is 23.0. The van der Waals surface area contributed by atoms with Crippen molar-refractivity contribution in [1.29, 1.82) is 0 Å². The molecule has 0 saturated carbocycles. The third-order valence-electron chi connectivity index (χ3n) is 8.38. The molecule has 0 aliphatic rings. The summed E-state index contributed by atoms with van der Waals surface area (Å²) in [6.45, 7) is 9.31. The molecule has 0 bridgehead atoms. The summed E-state index contributed by atoms with van der Waals surface area (Å²) in [5.41, 5.74) is 10.7. The molecule has 0 unspecified atom stereocenters. The number of aromatic nitrogens is 1. The summed E-state index contributed by atoms with van der Waals surface area (Å²) in [4.78, 5) is 31.8. The number of nitrogens with one attached hydrogen (secondary N) is 2. The molecule has 264 valence electrons. The molecule has 10 nitrogen and oxygen atoms in total. The van der Waals surface area contributed by atoms with Crippen LogP contribution in [0.3, 0.4) is 0 Å². The van der Waals surface area contributed by atoms with Gasteiger partial charge in [0.25, 0.3) is 0 Å². The minimum absolute atomic E-state index is 0.0789. The second-order valence-corrected chi connectivity index (χ2v) is 13.3. The van der Waals surface area contributed by atoms with Crippen molar-refractivity contribution in [1.82, 2.24) is 15.6 Å². The Morgan fingerprint density at radius 1 is 1.06 bits per heavy atom. The van der Waals surface area contributed by atoms with Gasteiger partial charge in [-0.05, 0) is 53.6 Å². The second-order valence-electron chi connectivity index (χ2n) is 12.4. The lowest BCUT2D eigenvalue weighted by Gasteiger charge is -2.29. The van der Waals surface area contributed by atoms with E-state index in [0.29, 0.717) is 19.6 Å². The Morgan fingerprint density at radius 3 is 2.44 bits per heavy atom. The predicted octanol–water partition coefficient (Wildman–Crippen LogP) is 5.08. The Kier molecular flexibility index (Phi) is 16.4. The molecule has 1 aromatic heterocycles. The normalized spacial score (nSPS) is 14.6. The number of halogens is 1. The molecule has 5 atom stereocenters. The zero-order valence-corrected chi connectivity index (χ0v) is 29.4. The van der Waals surface area contributed by atoms with Gasteiger partial charge in [0, 0.05) is 44.4 Å². The van der Waals surface area contributed by atoms with Crippen LogP contribution in [0.5, 0.6) is 5.75 Å². The van der Waals surface area contributed by atoms with Gasteiger partial charge in [0.2, 0.25) is 11.8 Å². The average molecular weight is 687 g/mol. The number of amides is 2. The number of benzene rings is 2. The fourth-order valence-corrected chi connectivity index (χ4v) is 5.77. The first-order valence-corrected chi connectivity index (χ1v) is 17.4. The maximum atomic E-state index is 13.5. The van der Waals surface area contributed by atoms with Crippen LogP contribution >= 0.6 is 11.3 Å². The quantitative estimate of drug-likeness (QED) is 0.114. The van der Waals surface area contributed by atoms with Crippen molar-refractivity contribution in [3.8, 4) is 16.2 Å². The number of nitrogens with zero attached hydrogens (tertiary/aromatic N) is 1. The molecule has 0 aliphatic carbocycles. The van der Waals surface area contributed by atoms with Gasteiger partial charge in [0.15, 0.2) is 0 Å². The Hall–Kier alpha value is -3.42. The smallest absolute Gasteiger partial charge is 0.243 e. The van der Waals surface area contributed by atoms with Gasteiger partial charge in [0.1, 0.15) is 17.6 Å². The molecular formula is C36H51FN4O6S. The zero-order valence-electron chi connectivity index (χ0n) is 28.6. The summed E-state index contributed by atoms with van der Waals surface area (Å²) in [6.07, 6.45) is 2.33. The Morgan fingerprint density at radius 2 is 1.79 bits per heavy atom. The van der Waals surface area contributed by atoms with Gasteiger partial charge in [-0.2, -0.15) is 0 Å². The fourth-order valence-electron chi connectivity index (χ4n) is 5.12. The number of nitrogens with two attached hydrogens (primary N) is 1. The highest BCUT2D eigenvalue weighted by atomic mass is 32.1. The number of aliphatic hydroxyl groups excluding tert-OH is 1. The molecule has 1 heterocycles. The van der Waals surface area contributed by atoms with Crippen LogP contribution in [0.2, 0.25) is 0 Å². The van der Waals surface area contributed by atoms with Crippen molar-refractivity contribution in [2.75, 3.05) is 26.9 Å². The number of carbonyl (C=O) groups is 2. The van der Waals surface area contributed by atoms with Gasteiger partial charge in [-0.25, -0.2) is 4.39 Å². The lowest BCUT2D eigenvalue weighted by molar-refractivity contribution is -0.134. The molecule has 2 aromatic carbocycles. The summed E-state index contributed by atoms with van der Waals surface area (Å²) < 4.78 is 30.4. The van der Waals surface area contributed by atoms with Crippen molar-refractivity contribution in [3.05, 3.63) is 71.1 Å². The average Bonchev–Trinajstić information content (AvgIpc) is 3.62. The number of thiazole rings is 1. The third-order valence-corrected chi connectivity index (χ3v) is 9.18.